The molecule has 24 nitrogen and oxygen atoms in total. The van der Waals surface area contributed by atoms with Gasteiger partial charge in [0.05, 0.1) is 55.5 Å². The second-order valence-corrected chi connectivity index (χ2v) is 29.5. The fraction of sp³-hybridized carbons (Fsp3) is 0.407. The summed E-state index contributed by atoms with van der Waals surface area (Å²) in [5, 5.41) is 37.7. The van der Waals surface area contributed by atoms with Crippen LogP contribution in [-0.2, 0) is 46.7 Å². The first-order valence-electron chi connectivity index (χ1n) is 39.0. The number of aromatic nitrogens is 6. The fourth-order valence-corrected chi connectivity index (χ4v) is 16.7. The quantitative estimate of drug-likeness (QED) is 0.0676. The molecule has 2 bridgehead atoms. The number of aromatic hydroxyl groups is 3. The molecule has 0 saturated carbocycles. The molecule has 0 radical (unpaired) electrons. The standard InChI is InChI=1S/C30H35N5O3.2C28H33N5O3/c1-4-19(3)38-30-31-26-18-33(27-15-23(36)14-20-8-6-7-9-24(20)27)13-12-25(26)29(32-30)34-16-21-10-11-22(17-34)35(21)28(37)5-2;1-4-14-36-28-29-24-18-33(25-17-21(34)16-20-8-6-7-9-22(20)25)19(3)15-23(24)27(30-28)32-12-10-31(11-13-32)26(35)5-2;1-4-16-36-28-29-26-19(3)33(24-18-21(34)17-20-8-6-7-9-22(20)24)11-10-23(26)27(30-28)32-14-12-31(13-15-32)25(35)5-2/h5-9,14-15,19,21-22,36H,2,4,10-13,16-18H2,1,3H3;5-9,16-17,19,34H,2,4,10-15,18H2,1,3H3;5-9,17-19,34H,2,4,10-16H2,1,3H3. The van der Waals surface area contributed by atoms with Gasteiger partial charge in [-0.2, -0.15) is 29.9 Å². The third-order valence-corrected chi connectivity index (χ3v) is 22.4. The van der Waals surface area contributed by atoms with Gasteiger partial charge in [-0.15, -0.1) is 0 Å². The van der Waals surface area contributed by atoms with Gasteiger partial charge in [0.25, 0.3) is 0 Å². The molecule has 0 aliphatic carbocycles. The van der Waals surface area contributed by atoms with Gasteiger partial charge in [-0.3, -0.25) is 14.4 Å². The first kappa shape index (κ1) is 75.4. The van der Waals surface area contributed by atoms with Crippen LogP contribution in [0.2, 0.25) is 0 Å². The molecule has 110 heavy (non-hydrogen) atoms. The molecule has 3 amide bonds. The van der Waals surface area contributed by atoms with E-state index in [1.807, 2.05) is 94.4 Å². The van der Waals surface area contributed by atoms with Gasteiger partial charge < -0.3 is 73.6 Å². The van der Waals surface area contributed by atoms with Crippen LogP contribution < -0.4 is 43.6 Å². The summed E-state index contributed by atoms with van der Waals surface area (Å²) < 4.78 is 18.0. The lowest BCUT2D eigenvalue weighted by atomic mass is 9.96. The molecule has 6 aromatic carbocycles. The van der Waals surface area contributed by atoms with Gasteiger partial charge in [0.2, 0.25) is 17.7 Å². The van der Waals surface area contributed by atoms with Gasteiger partial charge in [-0.05, 0) is 125 Å². The molecule has 24 heteroatoms. The van der Waals surface area contributed by atoms with Crippen LogP contribution in [-0.4, -0.2) is 194 Å². The number of nitrogens with zero attached hydrogens (tertiary/aromatic N) is 15. The molecule has 0 spiro atoms. The number of phenolic OH excluding ortho intramolecular Hbond substituents is 3. The highest BCUT2D eigenvalue weighted by Gasteiger charge is 2.44. The molecule has 7 aliphatic rings. The van der Waals surface area contributed by atoms with Crippen molar-refractivity contribution in [3.05, 3.63) is 181 Å². The Hall–Kier alpha value is -11.4. The van der Waals surface area contributed by atoms with E-state index in [9.17, 15) is 29.7 Å². The minimum Gasteiger partial charge on any atom is -0.508 e. The highest BCUT2D eigenvalue weighted by Crippen LogP contribution is 2.45. The van der Waals surface area contributed by atoms with E-state index in [1.165, 1.54) is 18.2 Å². The second-order valence-electron chi connectivity index (χ2n) is 29.5. The van der Waals surface area contributed by atoms with Gasteiger partial charge in [0.1, 0.15) is 34.7 Å². The number of piperazine rings is 3. The molecule has 9 aromatic rings. The van der Waals surface area contributed by atoms with Gasteiger partial charge >= 0.3 is 18.0 Å². The minimum absolute atomic E-state index is 0.00819. The fourth-order valence-electron chi connectivity index (χ4n) is 16.7. The maximum absolute atomic E-state index is 12.5. The molecule has 4 saturated heterocycles. The maximum Gasteiger partial charge on any atom is 0.318 e. The van der Waals surface area contributed by atoms with E-state index in [2.05, 4.69) is 102 Å². The van der Waals surface area contributed by atoms with Crippen molar-refractivity contribution in [2.45, 2.75) is 136 Å². The molecule has 5 atom stereocenters. The average Bonchev–Trinajstić information content (AvgIpc) is 1.11. The Kier molecular flexibility index (Phi) is 22.7. The molecule has 5 unspecified atom stereocenters. The van der Waals surface area contributed by atoms with Crippen molar-refractivity contribution >= 4 is 84.6 Å². The Balaban J connectivity index is 0.000000138. The largest absolute Gasteiger partial charge is 0.508 e. The smallest absolute Gasteiger partial charge is 0.318 e. The number of carbonyl (C=O) groups is 3. The molecule has 3 aromatic heterocycles. The number of rotatable bonds is 18. The number of benzene rings is 6. The van der Waals surface area contributed by atoms with Crippen molar-refractivity contribution in [3.8, 4) is 35.3 Å². The zero-order chi connectivity index (χ0) is 76.9. The zero-order valence-corrected chi connectivity index (χ0v) is 64.1. The molecular formula is C86H101N15O9. The normalized spacial score (nSPS) is 19.0. The number of phenols is 3. The maximum atomic E-state index is 12.5. The Morgan fingerprint density at radius 1 is 0.500 bits per heavy atom. The Morgan fingerprint density at radius 2 is 0.955 bits per heavy atom. The Morgan fingerprint density at radius 3 is 1.48 bits per heavy atom. The molecule has 7 aliphatic heterocycles. The topological polar surface area (TPSA) is 246 Å². The Bertz CT molecular complexity index is 4830. The van der Waals surface area contributed by atoms with E-state index in [1.54, 1.807) is 18.2 Å². The lowest BCUT2D eigenvalue weighted by Crippen LogP contribution is -2.56. The highest BCUT2D eigenvalue weighted by molar-refractivity contribution is 5.98. The van der Waals surface area contributed by atoms with Crippen LogP contribution in [0.3, 0.4) is 0 Å². The first-order chi connectivity index (χ1) is 53.4. The van der Waals surface area contributed by atoms with Crippen LogP contribution in [0.1, 0.15) is 113 Å². The Labute approximate surface area is 643 Å². The number of hydrogen-bond acceptors (Lipinski definition) is 21. The van der Waals surface area contributed by atoms with Crippen molar-refractivity contribution < 1.29 is 43.9 Å². The number of hydrogen-bond donors (Lipinski definition) is 3. The molecule has 4 fully saturated rings. The lowest BCUT2D eigenvalue weighted by Gasteiger charge is -2.42. The highest BCUT2D eigenvalue weighted by atomic mass is 16.5. The minimum atomic E-state index is -0.0340. The van der Waals surface area contributed by atoms with Gasteiger partial charge in [0, 0.05) is 165 Å². The van der Waals surface area contributed by atoms with E-state index in [0.29, 0.717) is 96.7 Å². The summed E-state index contributed by atoms with van der Waals surface area (Å²) in [6.45, 7) is 34.2. The molecule has 3 N–H and O–H groups in total. The monoisotopic (exact) mass is 1490 g/mol. The molecular weight excluding hydrogens is 1390 g/mol. The number of anilines is 6. The molecule has 10 heterocycles. The first-order valence-corrected chi connectivity index (χ1v) is 39.0. The van der Waals surface area contributed by atoms with Crippen LogP contribution in [0.15, 0.2) is 147 Å². The van der Waals surface area contributed by atoms with Crippen molar-refractivity contribution in [2.75, 3.05) is 121 Å². The van der Waals surface area contributed by atoms with Gasteiger partial charge in [0.15, 0.2) is 0 Å². The average molecular weight is 1490 g/mol. The summed E-state index contributed by atoms with van der Waals surface area (Å²) in [6.07, 6.45) is 11.1. The summed E-state index contributed by atoms with van der Waals surface area (Å²) in [4.78, 5) is 85.3. The number of amides is 3. The van der Waals surface area contributed by atoms with E-state index >= 15 is 0 Å². The summed E-state index contributed by atoms with van der Waals surface area (Å²) in [5.41, 5.74) is 9.29. The second kappa shape index (κ2) is 33.2. The third-order valence-electron chi connectivity index (χ3n) is 22.4. The van der Waals surface area contributed by atoms with Crippen molar-refractivity contribution in [3.63, 3.8) is 0 Å². The number of ether oxygens (including phenoxy) is 3. The summed E-state index contributed by atoms with van der Waals surface area (Å²) in [5.74, 6) is 3.48. The SMILES string of the molecule is C=CC(=O)N1C2CCC1CN(c1nc(OC(C)CC)nc3c1CCN(c1cc(O)cc4ccccc14)C3)C2.C=CC(=O)N1CCN(c2nc(OCCC)nc3c2CC(C)N(c2cc(O)cc4ccccc24)C3)CC1.C=CC(=O)N1CCN(c2nc(OCCC)nc3c2CCN(c2cc(O)cc4ccccc24)C3C)CC1. The van der Waals surface area contributed by atoms with Crippen LogP contribution >= 0.6 is 0 Å². The van der Waals surface area contributed by atoms with Crippen LogP contribution in [0.4, 0.5) is 34.5 Å². The summed E-state index contributed by atoms with van der Waals surface area (Å²) in [6, 6.07) is 37.0. The van der Waals surface area contributed by atoms with Gasteiger partial charge in [-0.25, -0.2) is 0 Å². The number of fused-ring (bicyclic) bond motifs is 8. The predicted molar refractivity (Wildman–Crippen MR) is 433 cm³/mol. The van der Waals surface area contributed by atoms with Crippen molar-refractivity contribution in [2.24, 2.45) is 0 Å². The number of carbonyl (C=O) groups excluding carboxylic acids is 3. The predicted octanol–water partition coefficient (Wildman–Crippen LogP) is 12.4. The zero-order valence-electron chi connectivity index (χ0n) is 64.1. The van der Waals surface area contributed by atoms with Crippen LogP contribution in [0.25, 0.3) is 32.3 Å². The summed E-state index contributed by atoms with van der Waals surface area (Å²) >= 11 is 0. The van der Waals surface area contributed by atoms with E-state index < -0.39 is 0 Å². The molecule has 574 valence electrons. The third kappa shape index (κ3) is 15.8. The van der Waals surface area contributed by atoms with Crippen LogP contribution in [0, 0.1) is 0 Å². The summed E-state index contributed by atoms with van der Waals surface area (Å²) in [7, 11) is 0. The van der Waals surface area contributed by atoms with E-state index in [4.69, 9.17) is 44.1 Å². The van der Waals surface area contributed by atoms with Gasteiger partial charge in [-0.1, -0.05) is 113 Å². The van der Waals surface area contributed by atoms with Crippen molar-refractivity contribution in [1.29, 1.82) is 0 Å². The lowest BCUT2D eigenvalue weighted by molar-refractivity contribution is -0.129. The van der Waals surface area contributed by atoms with Crippen molar-refractivity contribution in [1.82, 2.24) is 44.6 Å². The van der Waals surface area contributed by atoms with E-state index in [-0.39, 0.29) is 65.2 Å². The van der Waals surface area contributed by atoms with Crippen LogP contribution in [0.5, 0.6) is 35.3 Å². The van der Waals surface area contributed by atoms with E-state index in [0.717, 1.165) is 178 Å². The molecule has 16 rings (SSSR count).